The fourth-order valence-electron chi connectivity index (χ4n) is 1.89. The van der Waals surface area contributed by atoms with E-state index in [-0.39, 0.29) is 0 Å². The molecule has 3 nitrogen and oxygen atoms in total. The van der Waals surface area contributed by atoms with Gasteiger partial charge in [0.15, 0.2) is 0 Å². The van der Waals surface area contributed by atoms with Crippen LogP contribution in [0.3, 0.4) is 0 Å². The zero-order valence-corrected chi connectivity index (χ0v) is 11.6. The van der Waals surface area contributed by atoms with E-state index in [1.54, 1.807) is 16.7 Å². The first kappa shape index (κ1) is 11.6. The predicted octanol–water partition coefficient (Wildman–Crippen LogP) is 4.00. The highest BCUT2D eigenvalue weighted by atomic mass is 79.9. The molecule has 0 fully saturated rings. The van der Waals surface area contributed by atoms with Crippen LogP contribution in [0.1, 0.15) is 0 Å². The molecule has 5 heteroatoms. The average molecular weight is 323 g/mol. The quantitative estimate of drug-likeness (QED) is 0.736. The SMILES string of the molecule is Nc1c(-c2ccccc2Br)nc2ccc(Cl)cn12. The number of halogens is 2. The van der Waals surface area contributed by atoms with Crippen molar-refractivity contribution in [3.05, 3.63) is 52.1 Å². The van der Waals surface area contributed by atoms with Crippen molar-refractivity contribution in [2.45, 2.75) is 0 Å². The first-order valence-electron chi connectivity index (χ1n) is 5.35. The smallest absolute Gasteiger partial charge is 0.139 e. The largest absolute Gasteiger partial charge is 0.383 e. The zero-order valence-electron chi connectivity index (χ0n) is 9.27. The van der Waals surface area contributed by atoms with Gasteiger partial charge in [-0.05, 0) is 18.2 Å². The molecule has 18 heavy (non-hydrogen) atoms. The van der Waals surface area contributed by atoms with Gasteiger partial charge in [0.2, 0.25) is 0 Å². The second-order valence-corrected chi connectivity index (χ2v) is 5.19. The summed E-state index contributed by atoms with van der Waals surface area (Å²) >= 11 is 9.47. The molecule has 2 aromatic heterocycles. The zero-order chi connectivity index (χ0) is 12.7. The molecule has 0 spiro atoms. The summed E-state index contributed by atoms with van der Waals surface area (Å²) in [5.41, 5.74) is 8.63. The minimum absolute atomic E-state index is 0.583. The van der Waals surface area contributed by atoms with Gasteiger partial charge in [-0.15, -0.1) is 0 Å². The maximum absolute atomic E-state index is 6.13. The third kappa shape index (κ3) is 1.78. The van der Waals surface area contributed by atoms with Gasteiger partial charge >= 0.3 is 0 Å². The van der Waals surface area contributed by atoms with Crippen molar-refractivity contribution < 1.29 is 0 Å². The molecule has 90 valence electrons. The Balaban J connectivity index is 2.31. The summed E-state index contributed by atoms with van der Waals surface area (Å²) in [6.07, 6.45) is 1.76. The Morgan fingerprint density at radius 1 is 1.17 bits per heavy atom. The Labute approximate surface area is 117 Å². The van der Waals surface area contributed by atoms with Crippen LogP contribution in [0, 0.1) is 0 Å². The van der Waals surface area contributed by atoms with Crippen molar-refractivity contribution in [1.29, 1.82) is 0 Å². The minimum atomic E-state index is 0.583. The summed E-state index contributed by atoms with van der Waals surface area (Å²) in [7, 11) is 0. The summed E-state index contributed by atoms with van der Waals surface area (Å²) in [6, 6.07) is 11.5. The van der Waals surface area contributed by atoms with Gasteiger partial charge in [0.05, 0.1) is 5.02 Å². The highest BCUT2D eigenvalue weighted by molar-refractivity contribution is 9.10. The van der Waals surface area contributed by atoms with E-state index in [0.717, 1.165) is 21.4 Å². The van der Waals surface area contributed by atoms with E-state index in [1.165, 1.54) is 0 Å². The molecule has 0 aliphatic heterocycles. The predicted molar refractivity (Wildman–Crippen MR) is 77.8 cm³/mol. The molecule has 0 aliphatic carbocycles. The highest BCUT2D eigenvalue weighted by Crippen LogP contribution is 2.32. The van der Waals surface area contributed by atoms with E-state index < -0.39 is 0 Å². The number of benzene rings is 1. The number of nitrogens with two attached hydrogens (primary N) is 1. The molecule has 1 aromatic carbocycles. The van der Waals surface area contributed by atoms with Gasteiger partial charge in [-0.25, -0.2) is 4.98 Å². The molecule has 2 heterocycles. The van der Waals surface area contributed by atoms with Crippen LogP contribution < -0.4 is 5.73 Å². The number of pyridine rings is 1. The van der Waals surface area contributed by atoms with Crippen molar-refractivity contribution in [1.82, 2.24) is 9.38 Å². The van der Waals surface area contributed by atoms with Crippen LogP contribution in [0.15, 0.2) is 47.1 Å². The number of nitrogens with zero attached hydrogens (tertiary/aromatic N) is 2. The van der Waals surface area contributed by atoms with Crippen LogP contribution in [-0.4, -0.2) is 9.38 Å². The molecule has 2 N–H and O–H groups in total. The van der Waals surface area contributed by atoms with E-state index >= 15 is 0 Å². The Morgan fingerprint density at radius 3 is 2.72 bits per heavy atom. The molecule has 0 unspecified atom stereocenters. The molecule has 0 atom stereocenters. The molecule has 0 saturated heterocycles. The maximum atomic E-state index is 6.13. The molecule has 0 bridgehead atoms. The monoisotopic (exact) mass is 321 g/mol. The minimum Gasteiger partial charge on any atom is -0.383 e. The van der Waals surface area contributed by atoms with E-state index in [4.69, 9.17) is 17.3 Å². The van der Waals surface area contributed by atoms with Crippen LogP contribution in [-0.2, 0) is 0 Å². The number of fused-ring (bicyclic) bond motifs is 1. The summed E-state index contributed by atoms with van der Waals surface area (Å²) in [6.45, 7) is 0. The van der Waals surface area contributed by atoms with Gasteiger partial charge in [0, 0.05) is 16.2 Å². The lowest BCUT2D eigenvalue weighted by atomic mass is 10.1. The molecular formula is C13H9BrClN3. The van der Waals surface area contributed by atoms with Gasteiger partial charge in [-0.3, -0.25) is 4.40 Å². The average Bonchev–Trinajstić information content (AvgIpc) is 2.68. The second kappa shape index (κ2) is 4.30. The Bertz CT molecular complexity index is 736. The van der Waals surface area contributed by atoms with Crippen molar-refractivity contribution in [2.24, 2.45) is 0 Å². The second-order valence-electron chi connectivity index (χ2n) is 3.90. The Morgan fingerprint density at radius 2 is 1.94 bits per heavy atom. The van der Waals surface area contributed by atoms with E-state index in [2.05, 4.69) is 20.9 Å². The molecule has 0 radical (unpaired) electrons. The first-order chi connectivity index (χ1) is 8.66. The highest BCUT2D eigenvalue weighted by Gasteiger charge is 2.13. The molecule has 3 aromatic rings. The fraction of sp³-hybridized carbons (Fsp3) is 0. The molecule has 0 amide bonds. The van der Waals surface area contributed by atoms with Crippen LogP contribution in [0.2, 0.25) is 5.02 Å². The third-order valence-electron chi connectivity index (χ3n) is 2.75. The standard InChI is InChI=1S/C13H9BrClN3/c14-10-4-2-1-3-9(10)12-13(16)18-7-8(15)5-6-11(18)17-12/h1-7H,16H2. The van der Waals surface area contributed by atoms with Gasteiger partial charge in [-0.1, -0.05) is 45.7 Å². The van der Waals surface area contributed by atoms with Gasteiger partial charge in [-0.2, -0.15) is 0 Å². The Kier molecular flexibility index (Phi) is 2.76. The summed E-state index contributed by atoms with van der Waals surface area (Å²) in [4.78, 5) is 4.53. The number of aromatic nitrogens is 2. The van der Waals surface area contributed by atoms with Crippen LogP contribution in [0.25, 0.3) is 16.9 Å². The Hall–Kier alpha value is -1.52. The van der Waals surface area contributed by atoms with Gasteiger partial charge in [0.1, 0.15) is 17.2 Å². The van der Waals surface area contributed by atoms with E-state index in [0.29, 0.717) is 10.8 Å². The lowest BCUT2D eigenvalue weighted by molar-refractivity contribution is 1.20. The summed E-state index contributed by atoms with van der Waals surface area (Å²) in [5.74, 6) is 0.583. The number of nitrogen functional groups attached to an aromatic ring is 1. The summed E-state index contributed by atoms with van der Waals surface area (Å²) < 4.78 is 2.75. The molecular weight excluding hydrogens is 314 g/mol. The van der Waals surface area contributed by atoms with Crippen LogP contribution in [0.4, 0.5) is 5.82 Å². The first-order valence-corrected chi connectivity index (χ1v) is 6.52. The number of imidazole rings is 1. The van der Waals surface area contributed by atoms with Crippen LogP contribution in [0.5, 0.6) is 0 Å². The number of rotatable bonds is 1. The third-order valence-corrected chi connectivity index (χ3v) is 3.66. The van der Waals surface area contributed by atoms with Crippen molar-refractivity contribution in [2.75, 3.05) is 5.73 Å². The number of anilines is 1. The lowest BCUT2D eigenvalue weighted by Gasteiger charge is -2.01. The normalized spacial score (nSPS) is 11.0. The fourth-order valence-corrected chi connectivity index (χ4v) is 2.52. The van der Waals surface area contributed by atoms with Crippen molar-refractivity contribution in [3.8, 4) is 11.3 Å². The number of hydrogen-bond donors (Lipinski definition) is 1. The van der Waals surface area contributed by atoms with Gasteiger partial charge < -0.3 is 5.73 Å². The maximum Gasteiger partial charge on any atom is 0.139 e. The van der Waals surface area contributed by atoms with Crippen LogP contribution >= 0.6 is 27.5 Å². The lowest BCUT2D eigenvalue weighted by Crippen LogP contribution is -1.94. The molecule has 3 rings (SSSR count). The summed E-state index contributed by atoms with van der Waals surface area (Å²) in [5, 5.41) is 0.630. The number of hydrogen-bond acceptors (Lipinski definition) is 2. The van der Waals surface area contributed by atoms with Gasteiger partial charge in [0.25, 0.3) is 0 Å². The van der Waals surface area contributed by atoms with Crippen molar-refractivity contribution in [3.63, 3.8) is 0 Å². The van der Waals surface area contributed by atoms with E-state index in [1.807, 2.05) is 30.3 Å². The van der Waals surface area contributed by atoms with Crippen molar-refractivity contribution >= 4 is 39.0 Å². The van der Waals surface area contributed by atoms with E-state index in [9.17, 15) is 0 Å². The topological polar surface area (TPSA) is 43.3 Å². The molecule has 0 saturated carbocycles. The molecule has 0 aliphatic rings.